The third-order valence-corrected chi connectivity index (χ3v) is 7.87. The summed E-state index contributed by atoms with van der Waals surface area (Å²) in [5, 5.41) is 1.45. The summed E-state index contributed by atoms with van der Waals surface area (Å²) in [5.74, 6) is -0.185. The molecule has 4 aromatic rings. The number of nitrogens with zero attached hydrogens (tertiary/aromatic N) is 2. The summed E-state index contributed by atoms with van der Waals surface area (Å²) in [6, 6.07) is 27.5. The number of rotatable bonds is 7. The van der Waals surface area contributed by atoms with Crippen LogP contribution in [0.5, 0.6) is 0 Å². The van der Waals surface area contributed by atoms with E-state index in [0.29, 0.717) is 12.3 Å². The fourth-order valence-corrected chi connectivity index (χ4v) is 5.85. The van der Waals surface area contributed by atoms with Gasteiger partial charge in [0.25, 0.3) is 5.91 Å². The summed E-state index contributed by atoms with van der Waals surface area (Å²) in [6.45, 7) is 2.09. The molecule has 2 aliphatic heterocycles. The third-order valence-electron chi connectivity index (χ3n) is 6.74. The van der Waals surface area contributed by atoms with E-state index in [0.717, 1.165) is 38.0 Å². The Morgan fingerprint density at radius 2 is 1.62 bits per heavy atom. The summed E-state index contributed by atoms with van der Waals surface area (Å²) in [5.41, 5.74) is 8.18. The van der Waals surface area contributed by atoms with E-state index in [2.05, 4.69) is 34.6 Å². The minimum Gasteiger partial charge on any atom is -0.467 e. The first-order valence-corrected chi connectivity index (χ1v) is 13.6. The number of hydrogen-bond donors (Lipinski definition) is 1. The van der Waals surface area contributed by atoms with E-state index >= 15 is 0 Å². The number of hydrogen-bond acceptors (Lipinski definition) is 7. The van der Waals surface area contributed by atoms with Crippen molar-refractivity contribution < 1.29 is 18.7 Å². The van der Waals surface area contributed by atoms with Crippen LogP contribution in [0.15, 0.2) is 111 Å². The Labute approximate surface area is 231 Å². The van der Waals surface area contributed by atoms with Gasteiger partial charge in [-0.25, -0.2) is 5.01 Å². The largest absolute Gasteiger partial charge is 0.467 e. The number of amides is 1. The number of para-hydroxylation sites is 2. The first-order chi connectivity index (χ1) is 19.1. The number of ether oxygens (including phenoxy) is 1. The normalized spacial score (nSPS) is 15.7. The molecular weight excluding hydrogens is 510 g/mol. The number of benzene rings is 3. The van der Waals surface area contributed by atoms with E-state index < -0.39 is 12.0 Å². The Hall–Kier alpha value is -4.43. The lowest BCUT2D eigenvalue weighted by Crippen LogP contribution is -2.42. The van der Waals surface area contributed by atoms with Crippen LogP contribution in [0, 0.1) is 6.92 Å². The van der Waals surface area contributed by atoms with Crippen molar-refractivity contribution in [1.29, 1.82) is 0 Å². The molecule has 0 saturated carbocycles. The van der Waals surface area contributed by atoms with Crippen LogP contribution in [0.4, 0.5) is 11.4 Å². The number of carbonyl (C=O) groups excluding carboxylic acids is 2. The van der Waals surface area contributed by atoms with Crippen LogP contribution < -0.4 is 10.3 Å². The highest BCUT2D eigenvalue weighted by Crippen LogP contribution is 2.47. The van der Waals surface area contributed by atoms with Crippen LogP contribution in [-0.4, -0.2) is 30.0 Å². The standard InChI is InChI=1S/C31H27N3O4S/c1-21-12-14-22(15-13-21)23-19-26(27-9-6-18-37-27)34(32-23)30(35)20-38-31(36)16-17-33-24-7-2-4-10-28(24)39-29-11-5-3-8-25(29)33/h2-15,18-19,26,32H,16-17,20H2,1H3/t26-/m1/s1. The third kappa shape index (κ3) is 5.15. The highest BCUT2D eigenvalue weighted by molar-refractivity contribution is 7.99. The molecule has 3 aromatic carbocycles. The van der Waals surface area contributed by atoms with Gasteiger partial charge < -0.3 is 14.1 Å². The van der Waals surface area contributed by atoms with Gasteiger partial charge in [-0.1, -0.05) is 65.9 Å². The van der Waals surface area contributed by atoms with Crippen molar-refractivity contribution in [3.05, 3.63) is 114 Å². The second-order valence-electron chi connectivity index (χ2n) is 9.38. The molecule has 39 heavy (non-hydrogen) atoms. The Kier molecular flexibility index (Phi) is 6.85. The van der Waals surface area contributed by atoms with Gasteiger partial charge in [0.1, 0.15) is 11.8 Å². The molecule has 1 N–H and O–H groups in total. The zero-order valence-corrected chi connectivity index (χ0v) is 22.2. The summed E-state index contributed by atoms with van der Waals surface area (Å²) in [4.78, 5) is 30.4. The number of hydrazine groups is 1. The lowest BCUT2D eigenvalue weighted by atomic mass is 10.1. The molecule has 8 heteroatoms. The molecule has 0 saturated heterocycles. The maximum absolute atomic E-state index is 13.2. The van der Waals surface area contributed by atoms with E-state index in [1.165, 1.54) is 5.01 Å². The number of fused-ring (bicyclic) bond motifs is 2. The van der Waals surface area contributed by atoms with Crippen molar-refractivity contribution >= 4 is 40.7 Å². The van der Waals surface area contributed by atoms with E-state index in [9.17, 15) is 9.59 Å². The van der Waals surface area contributed by atoms with Crippen LogP contribution in [0.3, 0.4) is 0 Å². The fourth-order valence-electron chi connectivity index (χ4n) is 4.76. The van der Waals surface area contributed by atoms with Crippen molar-refractivity contribution in [2.45, 2.75) is 29.2 Å². The fraction of sp³-hybridized carbons (Fsp3) is 0.161. The average molecular weight is 538 g/mol. The van der Waals surface area contributed by atoms with Crippen LogP contribution in [-0.2, 0) is 14.3 Å². The van der Waals surface area contributed by atoms with Crippen molar-refractivity contribution in [2.24, 2.45) is 0 Å². The lowest BCUT2D eigenvalue weighted by molar-refractivity contribution is -0.153. The van der Waals surface area contributed by atoms with Crippen LogP contribution >= 0.6 is 11.8 Å². The summed E-state index contributed by atoms with van der Waals surface area (Å²) < 4.78 is 11.0. The molecule has 1 atom stereocenters. The molecule has 1 aromatic heterocycles. The van der Waals surface area contributed by atoms with Gasteiger partial charge in [0, 0.05) is 16.3 Å². The maximum atomic E-state index is 13.2. The van der Waals surface area contributed by atoms with Crippen LogP contribution in [0.25, 0.3) is 5.70 Å². The topological polar surface area (TPSA) is 75.0 Å². The molecule has 2 aliphatic rings. The second kappa shape index (κ2) is 10.7. The van der Waals surface area contributed by atoms with Gasteiger partial charge in [-0.3, -0.25) is 15.0 Å². The number of nitrogens with one attached hydrogen (secondary N) is 1. The average Bonchev–Trinajstić information content (AvgIpc) is 3.65. The zero-order valence-electron chi connectivity index (χ0n) is 21.4. The van der Waals surface area contributed by atoms with Crippen molar-refractivity contribution in [3.63, 3.8) is 0 Å². The monoisotopic (exact) mass is 537 g/mol. The molecule has 0 radical (unpaired) electrons. The lowest BCUT2D eigenvalue weighted by Gasteiger charge is -2.32. The quantitative estimate of drug-likeness (QED) is 0.279. The minimum atomic E-state index is -0.457. The summed E-state index contributed by atoms with van der Waals surface area (Å²) >= 11 is 1.72. The smallest absolute Gasteiger partial charge is 0.308 e. The highest BCUT2D eigenvalue weighted by Gasteiger charge is 2.33. The Morgan fingerprint density at radius 3 is 2.28 bits per heavy atom. The predicted octanol–water partition coefficient (Wildman–Crippen LogP) is 6.25. The SMILES string of the molecule is Cc1ccc(C2=C[C@H](c3ccco3)N(C(=O)COC(=O)CCN3c4ccccc4Sc4ccccc43)N2)cc1. The van der Waals surface area contributed by atoms with Gasteiger partial charge in [-0.15, -0.1) is 0 Å². The van der Waals surface area contributed by atoms with E-state index in [-0.39, 0.29) is 18.9 Å². The molecule has 0 bridgehead atoms. The van der Waals surface area contributed by atoms with E-state index in [1.54, 1.807) is 24.1 Å². The molecule has 3 heterocycles. The second-order valence-corrected chi connectivity index (χ2v) is 10.5. The van der Waals surface area contributed by atoms with Gasteiger partial charge in [-0.05, 0) is 55.0 Å². The molecule has 0 aliphatic carbocycles. The molecule has 0 spiro atoms. The molecule has 0 fully saturated rings. The van der Waals surface area contributed by atoms with Crippen LogP contribution in [0.2, 0.25) is 0 Å². The highest BCUT2D eigenvalue weighted by atomic mass is 32.2. The van der Waals surface area contributed by atoms with Crippen molar-refractivity contribution in [2.75, 3.05) is 18.1 Å². The van der Waals surface area contributed by atoms with Gasteiger partial charge >= 0.3 is 5.97 Å². The first-order valence-electron chi connectivity index (χ1n) is 12.8. The van der Waals surface area contributed by atoms with Gasteiger partial charge in [-0.2, -0.15) is 0 Å². The van der Waals surface area contributed by atoms with Crippen molar-refractivity contribution in [1.82, 2.24) is 10.4 Å². The Bertz CT molecular complexity index is 1490. The molecule has 196 valence electrons. The van der Waals surface area contributed by atoms with Gasteiger partial charge in [0.15, 0.2) is 6.61 Å². The van der Waals surface area contributed by atoms with E-state index in [4.69, 9.17) is 9.15 Å². The number of aryl methyl sites for hydroxylation is 1. The molecular formula is C31H27N3O4S. The van der Waals surface area contributed by atoms with Crippen molar-refractivity contribution in [3.8, 4) is 0 Å². The minimum absolute atomic E-state index is 0.141. The first kappa shape index (κ1) is 24.9. The molecule has 7 nitrogen and oxygen atoms in total. The van der Waals surface area contributed by atoms with Crippen LogP contribution in [0.1, 0.15) is 29.3 Å². The zero-order chi connectivity index (χ0) is 26.8. The maximum Gasteiger partial charge on any atom is 0.308 e. The van der Waals surface area contributed by atoms with E-state index in [1.807, 2.05) is 67.6 Å². The number of esters is 1. The summed E-state index contributed by atoms with van der Waals surface area (Å²) in [6.07, 6.45) is 3.65. The number of furan rings is 1. The Balaban J connectivity index is 1.10. The molecule has 1 amide bonds. The molecule has 6 rings (SSSR count). The molecule has 0 unspecified atom stereocenters. The summed E-state index contributed by atoms with van der Waals surface area (Å²) in [7, 11) is 0. The predicted molar refractivity (Wildman–Crippen MR) is 150 cm³/mol. The number of anilines is 2. The Morgan fingerprint density at radius 1 is 0.923 bits per heavy atom. The van der Waals surface area contributed by atoms with Gasteiger partial charge in [0.2, 0.25) is 0 Å². The van der Waals surface area contributed by atoms with Gasteiger partial charge in [0.05, 0.1) is 29.8 Å². The number of carbonyl (C=O) groups is 2.